The van der Waals surface area contributed by atoms with Gasteiger partial charge in [-0.3, -0.25) is 0 Å². The summed E-state index contributed by atoms with van der Waals surface area (Å²) < 4.78 is 0. The van der Waals surface area contributed by atoms with Crippen molar-refractivity contribution in [1.29, 1.82) is 0 Å². The van der Waals surface area contributed by atoms with Crippen LogP contribution < -0.4 is 4.90 Å². The lowest BCUT2D eigenvalue weighted by molar-refractivity contribution is 1.11. The minimum atomic E-state index is 1.24. The van der Waals surface area contributed by atoms with Crippen molar-refractivity contribution in [3.8, 4) is 0 Å². The summed E-state index contributed by atoms with van der Waals surface area (Å²) in [5, 5.41) is 0. The number of rotatable bonds is 0. The number of hydrogen-bond acceptors (Lipinski definition) is 2. The minimum absolute atomic E-state index is 1.24. The molecule has 15 heavy (non-hydrogen) atoms. The van der Waals surface area contributed by atoms with Crippen molar-refractivity contribution in [3.05, 3.63) is 48.5 Å². The van der Waals surface area contributed by atoms with Crippen molar-refractivity contribution in [1.82, 2.24) is 0 Å². The molecule has 0 spiro atoms. The van der Waals surface area contributed by atoms with E-state index in [0.29, 0.717) is 0 Å². The van der Waals surface area contributed by atoms with E-state index in [1.165, 1.54) is 21.2 Å². The Kier molecular flexibility index (Phi) is 1.96. The Bertz CT molecular complexity index is 462. The summed E-state index contributed by atoms with van der Waals surface area (Å²) in [4.78, 5) is 4.84. The molecule has 1 radical (unpaired) electrons. The zero-order chi connectivity index (χ0) is 10.3. The number of para-hydroxylation sites is 1. The molecule has 3 rings (SSSR count). The molecule has 73 valence electrons. The van der Waals surface area contributed by atoms with Crippen LogP contribution in [0.5, 0.6) is 0 Å². The van der Waals surface area contributed by atoms with E-state index in [1.807, 2.05) is 23.9 Å². The molecule has 0 atom stereocenters. The van der Waals surface area contributed by atoms with Gasteiger partial charge in [-0.25, -0.2) is 0 Å². The minimum Gasteiger partial charge on any atom is -0.343 e. The van der Waals surface area contributed by atoms with Crippen molar-refractivity contribution >= 4 is 23.1 Å². The van der Waals surface area contributed by atoms with Crippen LogP contribution in [0.2, 0.25) is 0 Å². The molecule has 0 fully saturated rings. The molecule has 0 N–H and O–H groups in total. The summed E-state index contributed by atoms with van der Waals surface area (Å²) in [5.74, 6) is 0. The smallest absolute Gasteiger partial charge is 0.0556 e. The zero-order valence-corrected chi connectivity index (χ0v) is 9.21. The molecule has 1 heterocycles. The molecule has 2 aromatic rings. The number of fused-ring (bicyclic) bond motifs is 2. The van der Waals surface area contributed by atoms with Gasteiger partial charge in [0, 0.05) is 16.8 Å². The third-order valence-corrected chi connectivity index (χ3v) is 3.74. The van der Waals surface area contributed by atoms with Crippen LogP contribution >= 0.6 is 11.8 Å². The van der Waals surface area contributed by atoms with Gasteiger partial charge in [0.15, 0.2) is 0 Å². The van der Waals surface area contributed by atoms with E-state index >= 15 is 0 Å². The fourth-order valence-electron chi connectivity index (χ4n) is 1.82. The molecule has 1 aliphatic rings. The molecule has 0 amide bonds. The summed E-state index contributed by atoms with van der Waals surface area (Å²) >= 11 is 1.82. The summed E-state index contributed by atoms with van der Waals surface area (Å²) in [5.41, 5.74) is 2.51. The molecule has 0 saturated heterocycles. The molecule has 1 nitrogen and oxygen atoms in total. The summed E-state index contributed by atoms with van der Waals surface area (Å²) in [6.07, 6.45) is 0. The second kappa shape index (κ2) is 3.31. The third-order valence-electron chi connectivity index (χ3n) is 2.61. The maximum Gasteiger partial charge on any atom is 0.0556 e. The van der Waals surface area contributed by atoms with E-state index in [2.05, 4.69) is 48.3 Å². The predicted molar refractivity (Wildman–Crippen MR) is 63.9 cm³/mol. The standard InChI is InChI=1S/C13H10NS/c1-14-10-6-2-4-8-12(10)15-13-9-5-3-7-11(13)14/h2,4-9H,1H3. The molecular formula is C13H10NS. The van der Waals surface area contributed by atoms with E-state index in [4.69, 9.17) is 0 Å². The number of nitrogens with zero attached hydrogens (tertiary/aromatic N) is 1. The van der Waals surface area contributed by atoms with Gasteiger partial charge < -0.3 is 4.90 Å². The lowest BCUT2D eigenvalue weighted by Crippen LogP contribution is -2.14. The van der Waals surface area contributed by atoms with Crippen LogP contribution in [-0.2, 0) is 0 Å². The van der Waals surface area contributed by atoms with Gasteiger partial charge in [0.25, 0.3) is 0 Å². The second-order valence-corrected chi connectivity index (χ2v) is 4.61. The topological polar surface area (TPSA) is 3.24 Å². The Morgan fingerprint density at radius 1 is 1.07 bits per heavy atom. The van der Waals surface area contributed by atoms with Crippen LogP contribution in [0, 0.1) is 6.07 Å². The normalized spacial score (nSPS) is 13.3. The van der Waals surface area contributed by atoms with Crippen molar-refractivity contribution in [2.75, 3.05) is 11.9 Å². The average molecular weight is 212 g/mol. The quantitative estimate of drug-likeness (QED) is 0.654. The Morgan fingerprint density at radius 3 is 2.80 bits per heavy atom. The van der Waals surface area contributed by atoms with Crippen molar-refractivity contribution in [2.45, 2.75) is 9.79 Å². The van der Waals surface area contributed by atoms with E-state index in [1.54, 1.807) is 0 Å². The molecule has 2 aromatic carbocycles. The van der Waals surface area contributed by atoms with Crippen LogP contribution in [0.25, 0.3) is 0 Å². The van der Waals surface area contributed by atoms with E-state index in [0.717, 1.165) is 0 Å². The lowest BCUT2D eigenvalue weighted by atomic mass is 10.2. The van der Waals surface area contributed by atoms with Gasteiger partial charge in [-0.2, -0.15) is 0 Å². The molecule has 0 unspecified atom stereocenters. The van der Waals surface area contributed by atoms with Crippen LogP contribution in [0.3, 0.4) is 0 Å². The number of benzene rings is 2. The SMILES string of the molecule is CN1c2c[c]ccc2Sc2ccccc21. The summed E-state index contributed by atoms with van der Waals surface area (Å²) in [7, 11) is 2.10. The Balaban J connectivity index is 2.20. The fraction of sp³-hybridized carbons (Fsp3) is 0.0769. The fourth-order valence-corrected chi connectivity index (χ4v) is 2.95. The van der Waals surface area contributed by atoms with Crippen molar-refractivity contribution in [3.63, 3.8) is 0 Å². The molecule has 2 heteroatoms. The molecule has 1 aliphatic heterocycles. The third kappa shape index (κ3) is 1.33. The van der Waals surface area contributed by atoms with Crippen LogP contribution in [-0.4, -0.2) is 7.05 Å². The lowest BCUT2D eigenvalue weighted by Gasteiger charge is -2.28. The highest BCUT2D eigenvalue weighted by molar-refractivity contribution is 7.99. The monoisotopic (exact) mass is 212 g/mol. The highest BCUT2D eigenvalue weighted by atomic mass is 32.2. The van der Waals surface area contributed by atoms with Crippen LogP contribution in [0.1, 0.15) is 0 Å². The van der Waals surface area contributed by atoms with E-state index in [-0.39, 0.29) is 0 Å². The molecule has 0 saturated carbocycles. The largest absolute Gasteiger partial charge is 0.343 e. The van der Waals surface area contributed by atoms with Gasteiger partial charge in [-0.1, -0.05) is 30.0 Å². The molecule has 0 aliphatic carbocycles. The van der Waals surface area contributed by atoms with E-state index in [9.17, 15) is 0 Å². The molecule has 0 aromatic heterocycles. The average Bonchev–Trinajstić information content (AvgIpc) is 2.30. The van der Waals surface area contributed by atoms with E-state index < -0.39 is 0 Å². The summed E-state index contributed by atoms with van der Waals surface area (Å²) in [6, 6.07) is 17.7. The van der Waals surface area contributed by atoms with Gasteiger partial charge in [-0.15, -0.1) is 0 Å². The van der Waals surface area contributed by atoms with Crippen LogP contribution in [0.15, 0.2) is 52.3 Å². The van der Waals surface area contributed by atoms with Crippen LogP contribution in [0.4, 0.5) is 11.4 Å². The van der Waals surface area contributed by atoms with Crippen molar-refractivity contribution in [2.24, 2.45) is 0 Å². The highest BCUT2D eigenvalue weighted by Crippen LogP contribution is 2.46. The zero-order valence-electron chi connectivity index (χ0n) is 8.40. The van der Waals surface area contributed by atoms with Crippen molar-refractivity contribution < 1.29 is 0 Å². The predicted octanol–water partition coefficient (Wildman–Crippen LogP) is 3.72. The second-order valence-electron chi connectivity index (χ2n) is 3.52. The first-order valence-corrected chi connectivity index (χ1v) is 5.68. The van der Waals surface area contributed by atoms with Gasteiger partial charge in [0.1, 0.15) is 0 Å². The van der Waals surface area contributed by atoms with Gasteiger partial charge in [0.05, 0.1) is 11.4 Å². The summed E-state index contributed by atoms with van der Waals surface area (Å²) in [6.45, 7) is 0. The Hall–Kier alpha value is -1.41. The van der Waals surface area contributed by atoms with Gasteiger partial charge >= 0.3 is 0 Å². The maximum absolute atomic E-state index is 3.13. The maximum atomic E-state index is 3.13. The first kappa shape index (κ1) is 8.86. The van der Waals surface area contributed by atoms with Gasteiger partial charge in [0.2, 0.25) is 0 Å². The first-order chi connectivity index (χ1) is 7.36. The first-order valence-electron chi connectivity index (χ1n) is 4.87. The van der Waals surface area contributed by atoms with Gasteiger partial charge in [-0.05, 0) is 30.3 Å². The number of hydrogen-bond donors (Lipinski definition) is 0. The molecule has 0 bridgehead atoms. The Labute approximate surface area is 93.7 Å². The highest BCUT2D eigenvalue weighted by Gasteiger charge is 2.18. The Morgan fingerprint density at radius 2 is 1.87 bits per heavy atom. The molecular weight excluding hydrogens is 202 g/mol. The number of anilines is 2.